The molecule has 6 nitrogen and oxygen atoms in total. The van der Waals surface area contributed by atoms with Crippen LogP contribution in [-0.4, -0.2) is 33.2 Å². The molecule has 0 saturated carbocycles. The van der Waals surface area contributed by atoms with E-state index in [2.05, 4.69) is 0 Å². The predicted octanol–water partition coefficient (Wildman–Crippen LogP) is 5.08. The first kappa shape index (κ1) is 28.4. The van der Waals surface area contributed by atoms with E-state index in [0.717, 1.165) is 16.7 Å². The number of carbonyl (C=O) groups is 3. The minimum atomic E-state index is -0.875. The van der Waals surface area contributed by atoms with E-state index >= 15 is 0 Å². The summed E-state index contributed by atoms with van der Waals surface area (Å²) in [6.07, 6.45) is 0. The third-order valence-electron chi connectivity index (χ3n) is 3.90. The van der Waals surface area contributed by atoms with Crippen LogP contribution in [0.2, 0.25) is 0 Å². The molecule has 0 aromatic heterocycles. The summed E-state index contributed by atoms with van der Waals surface area (Å²) in [4.78, 5) is 30.9. The molecule has 3 rings (SSSR count). The van der Waals surface area contributed by atoms with Gasteiger partial charge < -0.3 is 15.3 Å². The molecule has 3 N–H and O–H groups in total. The zero-order valence-electron chi connectivity index (χ0n) is 17.3. The Balaban J connectivity index is 0.000000429. The van der Waals surface area contributed by atoms with Crippen LogP contribution in [0.25, 0.3) is 0 Å². The molecule has 3 aromatic carbocycles. The molecule has 0 unspecified atom stereocenters. The van der Waals surface area contributed by atoms with Crippen LogP contribution < -0.4 is 0 Å². The Morgan fingerprint density at radius 1 is 0.452 bits per heavy atom. The Morgan fingerprint density at radius 3 is 0.742 bits per heavy atom. The molecule has 0 atom stereocenters. The maximum absolute atomic E-state index is 10.3. The number of aromatic carboxylic acids is 3. The van der Waals surface area contributed by atoms with Gasteiger partial charge in [-0.3, -0.25) is 0 Å². The van der Waals surface area contributed by atoms with Crippen molar-refractivity contribution < 1.29 is 69.6 Å². The molecule has 0 heterocycles. The predicted molar refractivity (Wildman–Crippen MR) is 114 cm³/mol. The zero-order chi connectivity index (χ0) is 22.7. The SMILES string of the molecule is Cc1ccc(C(=O)O)cc1.Cc1ccc(C(=O)O)cc1.Cc1ccc(C(=O)O)cc1.[Gd]. The van der Waals surface area contributed by atoms with E-state index in [9.17, 15) is 14.4 Å². The van der Waals surface area contributed by atoms with E-state index in [4.69, 9.17) is 15.3 Å². The summed E-state index contributed by atoms with van der Waals surface area (Å²) >= 11 is 0. The molecular formula is C24H24GdO6. The van der Waals surface area contributed by atoms with Crippen molar-refractivity contribution in [3.8, 4) is 0 Å². The normalized spacial score (nSPS) is 9.00. The second-order valence-corrected chi connectivity index (χ2v) is 6.51. The first-order valence-electron chi connectivity index (χ1n) is 9.00. The fourth-order valence-electron chi connectivity index (χ4n) is 2.09. The number of benzene rings is 3. The smallest absolute Gasteiger partial charge is 0.335 e. The Labute approximate surface area is 213 Å². The Kier molecular flexibility index (Phi) is 13.2. The monoisotopic (exact) mass is 566 g/mol. The van der Waals surface area contributed by atoms with Gasteiger partial charge in [-0.15, -0.1) is 0 Å². The first-order valence-corrected chi connectivity index (χ1v) is 9.00. The Hall–Kier alpha value is -2.61. The summed E-state index contributed by atoms with van der Waals surface area (Å²) in [5.41, 5.74) is 4.24. The number of carboxylic acid groups (broad SMARTS) is 3. The van der Waals surface area contributed by atoms with Gasteiger partial charge in [0.05, 0.1) is 16.7 Å². The summed E-state index contributed by atoms with van der Waals surface area (Å²) in [7, 11) is 0. The van der Waals surface area contributed by atoms with E-state index in [0.29, 0.717) is 16.7 Å². The van der Waals surface area contributed by atoms with Gasteiger partial charge in [0.25, 0.3) is 0 Å². The van der Waals surface area contributed by atoms with Gasteiger partial charge in [0.2, 0.25) is 0 Å². The molecule has 0 amide bonds. The molecule has 0 aliphatic rings. The fourth-order valence-corrected chi connectivity index (χ4v) is 2.09. The van der Waals surface area contributed by atoms with Gasteiger partial charge in [-0.1, -0.05) is 53.1 Å². The summed E-state index contributed by atoms with van der Waals surface area (Å²) < 4.78 is 0. The van der Waals surface area contributed by atoms with Crippen LogP contribution in [0.1, 0.15) is 47.8 Å². The first-order chi connectivity index (χ1) is 14.1. The molecule has 7 heteroatoms. The van der Waals surface area contributed by atoms with Gasteiger partial charge >= 0.3 is 17.9 Å². The third kappa shape index (κ3) is 11.4. The van der Waals surface area contributed by atoms with Crippen LogP contribution >= 0.6 is 0 Å². The number of aryl methyl sites for hydroxylation is 3. The van der Waals surface area contributed by atoms with Crippen LogP contribution in [0.5, 0.6) is 0 Å². The average molecular weight is 566 g/mol. The molecule has 0 spiro atoms. The summed E-state index contributed by atoms with van der Waals surface area (Å²) in [5, 5.41) is 25.4. The molecule has 0 aliphatic heterocycles. The van der Waals surface area contributed by atoms with Gasteiger partial charge in [0, 0.05) is 39.9 Å². The fraction of sp³-hybridized carbons (Fsp3) is 0.125. The van der Waals surface area contributed by atoms with E-state index in [1.807, 2.05) is 20.8 Å². The van der Waals surface area contributed by atoms with E-state index in [1.165, 1.54) is 0 Å². The average Bonchev–Trinajstić information content (AvgIpc) is 2.70. The Morgan fingerprint density at radius 2 is 0.613 bits per heavy atom. The topological polar surface area (TPSA) is 112 Å². The van der Waals surface area contributed by atoms with E-state index in [-0.39, 0.29) is 39.9 Å². The van der Waals surface area contributed by atoms with Crippen molar-refractivity contribution in [2.45, 2.75) is 20.8 Å². The van der Waals surface area contributed by atoms with Gasteiger partial charge in [0.15, 0.2) is 0 Å². The molecule has 0 radical (unpaired) electrons. The largest absolute Gasteiger partial charge is 0.478 e. The third-order valence-corrected chi connectivity index (χ3v) is 3.90. The summed E-state index contributed by atoms with van der Waals surface area (Å²) in [6, 6.07) is 20.3. The van der Waals surface area contributed by atoms with Crippen molar-refractivity contribution in [1.29, 1.82) is 0 Å². The molecule has 0 fully saturated rings. The van der Waals surface area contributed by atoms with Crippen LogP contribution in [-0.2, 0) is 0 Å². The molecule has 0 bridgehead atoms. The van der Waals surface area contributed by atoms with E-state index < -0.39 is 17.9 Å². The molecule has 0 saturated heterocycles. The maximum Gasteiger partial charge on any atom is 0.335 e. The van der Waals surface area contributed by atoms with Crippen molar-refractivity contribution in [1.82, 2.24) is 0 Å². The molecule has 164 valence electrons. The number of hydrogen-bond donors (Lipinski definition) is 3. The summed E-state index contributed by atoms with van der Waals surface area (Å²) in [6.45, 7) is 5.77. The minimum Gasteiger partial charge on any atom is -0.478 e. The number of carboxylic acids is 3. The van der Waals surface area contributed by atoms with Crippen LogP contribution in [0.3, 0.4) is 0 Å². The maximum atomic E-state index is 10.3. The van der Waals surface area contributed by atoms with Crippen LogP contribution in [0.15, 0.2) is 72.8 Å². The van der Waals surface area contributed by atoms with Crippen molar-refractivity contribution in [3.05, 3.63) is 106 Å². The standard InChI is InChI=1S/3C8H8O2.Gd/c3*1-6-2-4-7(5-3-6)8(9)10;/h3*2-5H,1H3,(H,9,10);. The van der Waals surface area contributed by atoms with Crippen molar-refractivity contribution in [3.63, 3.8) is 0 Å². The Bertz CT molecular complexity index is 846. The van der Waals surface area contributed by atoms with Gasteiger partial charge in [0.1, 0.15) is 0 Å². The van der Waals surface area contributed by atoms with Crippen molar-refractivity contribution in [2.24, 2.45) is 0 Å². The van der Waals surface area contributed by atoms with Gasteiger partial charge in [-0.25, -0.2) is 14.4 Å². The number of rotatable bonds is 3. The second kappa shape index (κ2) is 14.4. The van der Waals surface area contributed by atoms with Crippen LogP contribution in [0.4, 0.5) is 0 Å². The quantitative estimate of drug-likeness (QED) is 0.409. The second-order valence-electron chi connectivity index (χ2n) is 6.51. The summed E-state index contributed by atoms with van der Waals surface area (Å²) in [5.74, 6) is -2.62. The minimum absolute atomic E-state index is 0. The van der Waals surface area contributed by atoms with E-state index in [1.54, 1.807) is 72.8 Å². The molecule has 31 heavy (non-hydrogen) atoms. The van der Waals surface area contributed by atoms with Gasteiger partial charge in [-0.2, -0.15) is 0 Å². The molecule has 0 aliphatic carbocycles. The van der Waals surface area contributed by atoms with Gasteiger partial charge in [-0.05, 0) is 57.2 Å². The van der Waals surface area contributed by atoms with Crippen LogP contribution in [0, 0.1) is 60.7 Å². The van der Waals surface area contributed by atoms with Crippen molar-refractivity contribution >= 4 is 17.9 Å². The number of hydrogen-bond acceptors (Lipinski definition) is 3. The zero-order valence-corrected chi connectivity index (χ0v) is 19.6. The molecular weight excluding hydrogens is 542 g/mol. The van der Waals surface area contributed by atoms with Crippen molar-refractivity contribution in [2.75, 3.05) is 0 Å². The molecule has 3 aromatic rings.